The third kappa shape index (κ3) is 2.93. The molecule has 0 aromatic heterocycles. The van der Waals surface area contributed by atoms with Crippen molar-refractivity contribution < 1.29 is 18.8 Å². The molecule has 112 valence electrons. The Bertz CT molecular complexity index is 630. The fourth-order valence-electron chi connectivity index (χ4n) is 1.93. The molecule has 1 aromatic rings. The first-order valence-electron chi connectivity index (χ1n) is 6.20. The van der Waals surface area contributed by atoms with Crippen LogP contribution in [0.1, 0.15) is 13.8 Å². The topological polar surface area (TPSA) is 105 Å². The average molecular weight is 294 g/mol. The second-order valence-corrected chi connectivity index (χ2v) is 5.23. The lowest BCUT2D eigenvalue weighted by atomic mass is 10.1. The van der Waals surface area contributed by atoms with Crippen LogP contribution in [0.4, 0.5) is 20.6 Å². The highest BCUT2D eigenvalue weighted by Crippen LogP contribution is 2.18. The lowest BCUT2D eigenvalue weighted by molar-refractivity contribution is -0.132. The van der Waals surface area contributed by atoms with Gasteiger partial charge in [-0.2, -0.15) is 0 Å². The lowest BCUT2D eigenvalue weighted by Crippen LogP contribution is -2.41. The van der Waals surface area contributed by atoms with Crippen LogP contribution in [0.15, 0.2) is 18.2 Å². The van der Waals surface area contributed by atoms with Crippen molar-refractivity contribution in [2.45, 2.75) is 19.4 Å². The first-order chi connectivity index (χ1) is 9.70. The van der Waals surface area contributed by atoms with Gasteiger partial charge in [0.1, 0.15) is 17.9 Å². The summed E-state index contributed by atoms with van der Waals surface area (Å²) in [6.45, 7) is 2.67. The zero-order chi connectivity index (χ0) is 15.8. The van der Waals surface area contributed by atoms with E-state index in [4.69, 9.17) is 5.73 Å². The van der Waals surface area contributed by atoms with E-state index in [0.717, 1.165) is 11.0 Å². The number of carbonyl (C=O) groups excluding carboxylic acids is 3. The van der Waals surface area contributed by atoms with E-state index in [1.807, 2.05) is 0 Å². The maximum atomic E-state index is 13.0. The Morgan fingerprint density at radius 1 is 1.43 bits per heavy atom. The Balaban J connectivity index is 2.04. The van der Waals surface area contributed by atoms with E-state index < -0.39 is 35.7 Å². The van der Waals surface area contributed by atoms with E-state index in [9.17, 15) is 18.8 Å². The molecule has 0 radical (unpaired) electrons. The number of nitrogen functional groups attached to an aromatic ring is 1. The molecule has 0 bridgehead atoms. The van der Waals surface area contributed by atoms with Crippen LogP contribution in [0, 0.1) is 5.82 Å². The minimum atomic E-state index is -1.03. The SMILES string of the molecule is CC1(C)NC(=O)N(CC(=O)Nc2ccc(F)c(N)c2)C1=O. The van der Waals surface area contributed by atoms with Crippen molar-refractivity contribution >= 4 is 29.2 Å². The van der Waals surface area contributed by atoms with Gasteiger partial charge in [0.05, 0.1) is 5.69 Å². The Labute approximate surface area is 120 Å². The number of amides is 4. The van der Waals surface area contributed by atoms with Crippen molar-refractivity contribution in [2.75, 3.05) is 17.6 Å². The zero-order valence-corrected chi connectivity index (χ0v) is 11.6. The molecule has 8 heteroatoms. The van der Waals surface area contributed by atoms with E-state index in [1.54, 1.807) is 13.8 Å². The molecular weight excluding hydrogens is 279 g/mol. The maximum Gasteiger partial charge on any atom is 0.325 e. The van der Waals surface area contributed by atoms with Crippen LogP contribution in [0.5, 0.6) is 0 Å². The number of benzene rings is 1. The Morgan fingerprint density at radius 2 is 2.10 bits per heavy atom. The van der Waals surface area contributed by atoms with Gasteiger partial charge in [-0.15, -0.1) is 0 Å². The minimum absolute atomic E-state index is 0.107. The van der Waals surface area contributed by atoms with Gasteiger partial charge in [0.25, 0.3) is 5.91 Å². The number of hydrogen-bond acceptors (Lipinski definition) is 4. The van der Waals surface area contributed by atoms with Crippen LogP contribution < -0.4 is 16.4 Å². The first kappa shape index (κ1) is 14.8. The van der Waals surface area contributed by atoms with Crippen LogP contribution >= 0.6 is 0 Å². The smallest absolute Gasteiger partial charge is 0.325 e. The molecule has 0 saturated carbocycles. The van der Waals surface area contributed by atoms with Crippen molar-refractivity contribution in [3.8, 4) is 0 Å². The molecule has 0 unspecified atom stereocenters. The van der Waals surface area contributed by atoms with Gasteiger partial charge in [-0.25, -0.2) is 9.18 Å². The molecule has 4 N–H and O–H groups in total. The molecule has 7 nitrogen and oxygen atoms in total. The molecule has 1 fully saturated rings. The summed E-state index contributed by atoms with van der Waals surface area (Å²) in [6.07, 6.45) is 0. The number of hydrogen-bond donors (Lipinski definition) is 3. The fourth-order valence-corrected chi connectivity index (χ4v) is 1.93. The fraction of sp³-hybridized carbons (Fsp3) is 0.308. The largest absolute Gasteiger partial charge is 0.396 e. The van der Waals surface area contributed by atoms with Gasteiger partial charge in [-0.3, -0.25) is 14.5 Å². The molecule has 2 rings (SSSR count). The van der Waals surface area contributed by atoms with Crippen molar-refractivity contribution in [3.63, 3.8) is 0 Å². The molecular formula is C13H15FN4O3. The molecule has 1 aliphatic heterocycles. The van der Waals surface area contributed by atoms with E-state index in [-0.39, 0.29) is 11.4 Å². The zero-order valence-electron chi connectivity index (χ0n) is 11.6. The Kier molecular flexibility index (Phi) is 3.54. The average Bonchev–Trinajstić information content (AvgIpc) is 2.56. The summed E-state index contributed by atoms with van der Waals surface area (Å²) in [5.74, 6) is -1.66. The number of carbonyl (C=O) groups is 3. The van der Waals surface area contributed by atoms with Crippen LogP contribution in [0.3, 0.4) is 0 Å². The number of rotatable bonds is 3. The third-order valence-electron chi connectivity index (χ3n) is 3.03. The van der Waals surface area contributed by atoms with E-state index in [1.165, 1.54) is 12.1 Å². The summed E-state index contributed by atoms with van der Waals surface area (Å²) in [5, 5.41) is 4.91. The molecule has 0 atom stereocenters. The molecule has 0 aliphatic carbocycles. The number of nitrogens with one attached hydrogen (secondary N) is 2. The highest BCUT2D eigenvalue weighted by Gasteiger charge is 2.44. The molecule has 0 spiro atoms. The third-order valence-corrected chi connectivity index (χ3v) is 3.03. The van der Waals surface area contributed by atoms with E-state index in [2.05, 4.69) is 10.6 Å². The predicted octanol–water partition coefficient (Wildman–Crippen LogP) is 0.677. The molecule has 1 aromatic carbocycles. The maximum absolute atomic E-state index is 13.0. The van der Waals surface area contributed by atoms with Crippen LogP contribution in [-0.4, -0.2) is 34.8 Å². The van der Waals surface area contributed by atoms with E-state index in [0.29, 0.717) is 0 Å². The second-order valence-electron chi connectivity index (χ2n) is 5.23. The highest BCUT2D eigenvalue weighted by atomic mass is 19.1. The van der Waals surface area contributed by atoms with Crippen LogP contribution in [-0.2, 0) is 9.59 Å². The standard InChI is InChI=1S/C13H15FN4O3/c1-13(2)11(20)18(12(21)17-13)6-10(19)16-7-3-4-8(14)9(15)5-7/h3-5H,6,15H2,1-2H3,(H,16,19)(H,17,21). The summed E-state index contributed by atoms with van der Waals surface area (Å²) in [4.78, 5) is 36.2. The summed E-state index contributed by atoms with van der Waals surface area (Å²) < 4.78 is 13.0. The van der Waals surface area contributed by atoms with Gasteiger partial charge in [0.2, 0.25) is 5.91 Å². The lowest BCUT2D eigenvalue weighted by Gasteiger charge is -2.15. The van der Waals surface area contributed by atoms with E-state index >= 15 is 0 Å². The number of nitrogens with zero attached hydrogens (tertiary/aromatic N) is 1. The van der Waals surface area contributed by atoms with Gasteiger partial charge in [0.15, 0.2) is 0 Å². The van der Waals surface area contributed by atoms with Gasteiger partial charge in [0, 0.05) is 5.69 Å². The number of imide groups is 1. The summed E-state index contributed by atoms with van der Waals surface area (Å²) in [5.41, 5.74) is 4.53. The van der Waals surface area contributed by atoms with Crippen molar-refractivity contribution in [1.29, 1.82) is 0 Å². The summed E-state index contributed by atoms with van der Waals surface area (Å²) >= 11 is 0. The summed E-state index contributed by atoms with van der Waals surface area (Å²) in [7, 11) is 0. The Hall–Kier alpha value is -2.64. The predicted molar refractivity (Wildman–Crippen MR) is 73.8 cm³/mol. The van der Waals surface area contributed by atoms with Crippen molar-refractivity contribution in [3.05, 3.63) is 24.0 Å². The molecule has 1 heterocycles. The van der Waals surface area contributed by atoms with Gasteiger partial charge in [-0.05, 0) is 32.0 Å². The van der Waals surface area contributed by atoms with Crippen LogP contribution in [0.25, 0.3) is 0 Å². The minimum Gasteiger partial charge on any atom is -0.396 e. The number of nitrogens with two attached hydrogens (primary N) is 1. The quantitative estimate of drug-likeness (QED) is 0.563. The van der Waals surface area contributed by atoms with Gasteiger partial charge in [-0.1, -0.05) is 0 Å². The number of urea groups is 1. The second kappa shape index (κ2) is 5.04. The molecule has 1 saturated heterocycles. The Morgan fingerprint density at radius 3 is 2.62 bits per heavy atom. The normalized spacial score (nSPS) is 16.8. The van der Waals surface area contributed by atoms with Gasteiger partial charge >= 0.3 is 6.03 Å². The summed E-state index contributed by atoms with van der Waals surface area (Å²) in [6, 6.07) is 3.07. The molecule has 4 amide bonds. The van der Waals surface area contributed by atoms with Crippen LogP contribution in [0.2, 0.25) is 0 Å². The molecule has 21 heavy (non-hydrogen) atoms. The first-order valence-corrected chi connectivity index (χ1v) is 6.20. The van der Waals surface area contributed by atoms with Crippen molar-refractivity contribution in [1.82, 2.24) is 10.2 Å². The highest BCUT2D eigenvalue weighted by molar-refractivity contribution is 6.09. The van der Waals surface area contributed by atoms with Crippen molar-refractivity contribution in [2.24, 2.45) is 0 Å². The number of anilines is 2. The molecule has 1 aliphatic rings. The van der Waals surface area contributed by atoms with Gasteiger partial charge < -0.3 is 16.4 Å². The monoisotopic (exact) mass is 294 g/mol. The number of halogens is 1.